The number of hydrogen-bond acceptors (Lipinski definition) is 2. The molecule has 1 unspecified atom stereocenters. The van der Waals surface area contributed by atoms with Crippen molar-refractivity contribution in [2.75, 3.05) is 13.1 Å². The van der Waals surface area contributed by atoms with E-state index in [0.717, 1.165) is 12.8 Å². The number of benzene rings is 1. The first-order valence-electron chi connectivity index (χ1n) is 7.25. The van der Waals surface area contributed by atoms with Gasteiger partial charge in [0.15, 0.2) is 0 Å². The molecule has 0 bridgehead atoms. The predicted molar refractivity (Wildman–Crippen MR) is 78.6 cm³/mol. The summed E-state index contributed by atoms with van der Waals surface area (Å²) in [7, 11) is 0. The van der Waals surface area contributed by atoms with Crippen LogP contribution in [0, 0.1) is 5.82 Å². The van der Waals surface area contributed by atoms with Crippen molar-refractivity contribution in [1.29, 1.82) is 0 Å². The van der Waals surface area contributed by atoms with Crippen LogP contribution in [0.15, 0.2) is 24.3 Å². The Kier molecular flexibility index (Phi) is 6.85. The van der Waals surface area contributed by atoms with Crippen LogP contribution >= 0.6 is 0 Å². The maximum absolute atomic E-state index is 13.2. The van der Waals surface area contributed by atoms with Crippen molar-refractivity contribution >= 4 is 11.9 Å². The molecule has 1 aromatic carbocycles. The van der Waals surface area contributed by atoms with Crippen LogP contribution in [0.5, 0.6) is 0 Å². The molecule has 1 rings (SSSR count). The zero-order chi connectivity index (χ0) is 15.8. The minimum Gasteiger partial charge on any atom is -0.481 e. The molecule has 1 aromatic rings. The second-order valence-corrected chi connectivity index (χ2v) is 5.03. The van der Waals surface area contributed by atoms with Crippen molar-refractivity contribution in [3.63, 3.8) is 0 Å². The summed E-state index contributed by atoms with van der Waals surface area (Å²) in [6.07, 6.45) is 1.51. The number of halogens is 1. The monoisotopic (exact) mass is 295 g/mol. The number of carboxylic acids is 1. The van der Waals surface area contributed by atoms with E-state index in [1.54, 1.807) is 11.0 Å². The van der Waals surface area contributed by atoms with E-state index in [9.17, 15) is 19.1 Å². The van der Waals surface area contributed by atoms with Crippen molar-refractivity contribution in [2.45, 2.75) is 39.0 Å². The van der Waals surface area contributed by atoms with Gasteiger partial charge >= 0.3 is 5.97 Å². The molecule has 0 aliphatic heterocycles. The highest BCUT2D eigenvalue weighted by Crippen LogP contribution is 2.22. The normalized spacial score (nSPS) is 12.0. The molecular weight excluding hydrogens is 273 g/mol. The lowest BCUT2D eigenvalue weighted by Gasteiger charge is -2.23. The summed E-state index contributed by atoms with van der Waals surface area (Å²) in [6, 6.07) is 5.43. The molecule has 0 fully saturated rings. The molecule has 4 nitrogen and oxygen atoms in total. The van der Waals surface area contributed by atoms with Crippen LogP contribution in [0.1, 0.15) is 44.6 Å². The van der Waals surface area contributed by atoms with E-state index in [1.165, 1.54) is 18.2 Å². The number of carboxylic acid groups (broad SMARTS) is 1. The standard InChI is InChI=1S/C16H22FNO3/c1-3-8-18(9-4-2)15(19)11-14(16(20)21)12-6-5-7-13(17)10-12/h5-7,10,14H,3-4,8-9,11H2,1-2H3,(H,20,21). The second kappa shape index (κ2) is 8.39. The smallest absolute Gasteiger partial charge is 0.311 e. The van der Waals surface area contributed by atoms with Crippen molar-refractivity contribution in [3.05, 3.63) is 35.6 Å². The lowest BCUT2D eigenvalue weighted by Crippen LogP contribution is -2.34. The van der Waals surface area contributed by atoms with Gasteiger partial charge in [-0.15, -0.1) is 0 Å². The highest BCUT2D eigenvalue weighted by molar-refractivity contribution is 5.85. The molecule has 1 amide bonds. The summed E-state index contributed by atoms with van der Waals surface area (Å²) in [5.74, 6) is -2.81. The number of amides is 1. The van der Waals surface area contributed by atoms with Gasteiger partial charge in [-0.2, -0.15) is 0 Å². The van der Waals surface area contributed by atoms with Gasteiger partial charge in [0.05, 0.1) is 5.92 Å². The maximum atomic E-state index is 13.2. The second-order valence-electron chi connectivity index (χ2n) is 5.03. The predicted octanol–water partition coefficient (Wildman–Crippen LogP) is 3.03. The fraction of sp³-hybridized carbons (Fsp3) is 0.500. The van der Waals surface area contributed by atoms with Crippen LogP contribution in [0.2, 0.25) is 0 Å². The summed E-state index contributed by atoms with van der Waals surface area (Å²) >= 11 is 0. The molecule has 0 aliphatic rings. The molecule has 1 atom stereocenters. The van der Waals surface area contributed by atoms with E-state index in [2.05, 4.69) is 0 Å². The van der Waals surface area contributed by atoms with Crippen LogP contribution in [0.25, 0.3) is 0 Å². The van der Waals surface area contributed by atoms with Gasteiger partial charge in [-0.25, -0.2) is 4.39 Å². The lowest BCUT2D eigenvalue weighted by atomic mass is 9.95. The third-order valence-corrected chi connectivity index (χ3v) is 3.27. The number of carbonyl (C=O) groups is 2. The number of nitrogens with zero attached hydrogens (tertiary/aromatic N) is 1. The molecule has 21 heavy (non-hydrogen) atoms. The molecule has 1 N–H and O–H groups in total. The van der Waals surface area contributed by atoms with Gasteiger partial charge in [0.25, 0.3) is 0 Å². The summed E-state index contributed by atoms with van der Waals surface area (Å²) < 4.78 is 13.2. The van der Waals surface area contributed by atoms with E-state index in [-0.39, 0.29) is 12.3 Å². The van der Waals surface area contributed by atoms with Gasteiger partial charge in [-0.3, -0.25) is 9.59 Å². The fourth-order valence-electron chi connectivity index (χ4n) is 2.28. The Morgan fingerprint density at radius 3 is 2.33 bits per heavy atom. The average molecular weight is 295 g/mol. The Hall–Kier alpha value is -1.91. The quantitative estimate of drug-likeness (QED) is 0.802. The van der Waals surface area contributed by atoms with Crippen LogP contribution in [-0.2, 0) is 9.59 Å². The first-order valence-corrected chi connectivity index (χ1v) is 7.25. The topological polar surface area (TPSA) is 57.6 Å². The minimum atomic E-state index is -1.11. The molecule has 5 heteroatoms. The summed E-state index contributed by atoms with van der Waals surface area (Å²) in [4.78, 5) is 25.3. The minimum absolute atomic E-state index is 0.140. The number of carbonyl (C=O) groups excluding carboxylic acids is 1. The summed E-state index contributed by atoms with van der Waals surface area (Å²) in [5.41, 5.74) is 0.323. The number of aliphatic carboxylic acids is 1. The molecule has 0 heterocycles. The van der Waals surface area contributed by atoms with E-state index < -0.39 is 17.7 Å². The molecule has 0 aromatic heterocycles. The Balaban J connectivity index is 2.87. The van der Waals surface area contributed by atoms with Gasteiger partial charge in [-0.05, 0) is 30.5 Å². The van der Waals surface area contributed by atoms with Gasteiger partial charge < -0.3 is 10.0 Å². The number of hydrogen-bond donors (Lipinski definition) is 1. The molecule has 0 saturated carbocycles. The lowest BCUT2D eigenvalue weighted by molar-refractivity contribution is -0.142. The maximum Gasteiger partial charge on any atom is 0.311 e. The third-order valence-electron chi connectivity index (χ3n) is 3.27. The van der Waals surface area contributed by atoms with E-state index in [1.807, 2.05) is 13.8 Å². The Morgan fingerprint density at radius 2 is 1.86 bits per heavy atom. The Bertz CT molecular complexity index is 484. The van der Waals surface area contributed by atoms with Gasteiger partial charge in [0.1, 0.15) is 5.82 Å². The highest BCUT2D eigenvalue weighted by Gasteiger charge is 2.25. The number of rotatable bonds is 8. The Labute approximate surface area is 124 Å². The SMILES string of the molecule is CCCN(CCC)C(=O)CC(C(=O)O)c1cccc(F)c1. The summed E-state index contributed by atoms with van der Waals surface area (Å²) in [5, 5.41) is 9.31. The largest absolute Gasteiger partial charge is 0.481 e. The molecule has 0 radical (unpaired) electrons. The zero-order valence-electron chi connectivity index (χ0n) is 12.5. The molecule has 0 aliphatic carbocycles. The van der Waals surface area contributed by atoms with Crippen molar-refractivity contribution < 1.29 is 19.1 Å². The third kappa shape index (κ3) is 5.17. The fourth-order valence-corrected chi connectivity index (χ4v) is 2.28. The first kappa shape index (κ1) is 17.1. The van der Waals surface area contributed by atoms with Crippen molar-refractivity contribution in [3.8, 4) is 0 Å². The van der Waals surface area contributed by atoms with Gasteiger partial charge in [0, 0.05) is 19.5 Å². The molecule has 0 saturated heterocycles. The Morgan fingerprint density at radius 1 is 1.24 bits per heavy atom. The van der Waals surface area contributed by atoms with E-state index >= 15 is 0 Å². The van der Waals surface area contributed by atoms with Crippen LogP contribution in [0.3, 0.4) is 0 Å². The van der Waals surface area contributed by atoms with Crippen LogP contribution in [0.4, 0.5) is 4.39 Å². The molecule has 116 valence electrons. The summed E-state index contributed by atoms with van der Waals surface area (Å²) in [6.45, 7) is 5.17. The van der Waals surface area contributed by atoms with Gasteiger partial charge in [0.2, 0.25) is 5.91 Å². The molecule has 0 spiro atoms. The van der Waals surface area contributed by atoms with E-state index in [0.29, 0.717) is 18.7 Å². The van der Waals surface area contributed by atoms with Crippen LogP contribution in [-0.4, -0.2) is 35.0 Å². The van der Waals surface area contributed by atoms with E-state index in [4.69, 9.17) is 0 Å². The van der Waals surface area contributed by atoms with Crippen LogP contribution < -0.4 is 0 Å². The average Bonchev–Trinajstić information content (AvgIpc) is 2.44. The first-order chi connectivity index (χ1) is 9.99. The molecular formula is C16H22FNO3. The van der Waals surface area contributed by atoms with Crippen molar-refractivity contribution in [1.82, 2.24) is 4.90 Å². The highest BCUT2D eigenvalue weighted by atomic mass is 19.1. The zero-order valence-corrected chi connectivity index (χ0v) is 12.5. The van der Waals surface area contributed by atoms with Crippen molar-refractivity contribution in [2.24, 2.45) is 0 Å². The van der Waals surface area contributed by atoms with Gasteiger partial charge in [-0.1, -0.05) is 26.0 Å².